The normalized spacial score (nSPS) is 11.1. The van der Waals surface area contributed by atoms with Crippen molar-refractivity contribution in [2.45, 2.75) is 0 Å². The number of hydrogen-bond acceptors (Lipinski definition) is 5. The molecular weight excluding hydrogens is 402 g/mol. The van der Waals surface area contributed by atoms with Gasteiger partial charge in [0.05, 0.1) is 0 Å². The highest BCUT2D eigenvalue weighted by molar-refractivity contribution is 5.56. The zero-order valence-corrected chi connectivity index (χ0v) is 16.8. The van der Waals surface area contributed by atoms with Crippen molar-refractivity contribution in [2.75, 3.05) is 0 Å². The fraction of sp³-hybridized carbons (Fsp3) is 0. The van der Waals surface area contributed by atoms with Crippen LogP contribution in [0.1, 0.15) is 0 Å². The number of aromatic nitrogens is 9. The van der Waals surface area contributed by atoms with E-state index in [0.717, 1.165) is 17.2 Å². The molecule has 0 aliphatic heterocycles. The Morgan fingerprint density at radius 1 is 0.500 bits per heavy atom. The molecule has 5 aromatic heterocycles. The third-order valence-corrected chi connectivity index (χ3v) is 5.01. The van der Waals surface area contributed by atoms with Gasteiger partial charge in [-0.1, -0.05) is 30.3 Å². The maximum atomic E-state index is 4.81. The van der Waals surface area contributed by atoms with Crippen LogP contribution in [0.5, 0.6) is 0 Å². The summed E-state index contributed by atoms with van der Waals surface area (Å²) in [5, 5.41) is 8.71. The van der Waals surface area contributed by atoms with E-state index < -0.39 is 0 Å². The Bertz CT molecular complexity index is 1370. The maximum Gasteiger partial charge on any atom is 0.240 e. The zero-order valence-electron chi connectivity index (χ0n) is 16.8. The lowest BCUT2D eigenvalue weighted by Gasteiger charge is -2.13. The lowest BCUT2D eigenvalue weighted by Crippen LogP contribution is -2.13. The number of rotatable bonds is 5. The van der Waals surface area contributed by atoms with E-state index in [4.69, 9.17) is 15.0 Å². The third kappa shape index (κ3) is 3.08. The molecule has 32 heavy (non-hydrogen) atoms. The number of benzene rings is 1. The lowest BCUT2D eigenvalue weighted by molar-refractivity contribution is 0.761. The summed E-state index contributed by atoms with van der Waals surface area (Å²) in [5.41, 5.74) is 0.901. The molecule has 6 rings (SSSR count). The van der Waals surface area contributed by atoms with Gasteiger partial charge in [0.1, 0.15) is 11.6 Å². The summed E-state index contributed by atoms with van der Waals surface area (Å²) in [7, 11) is 0. The molecule has 0 N–H and O–H groups in total. The Morgan fingerprint density at radius 3 is 1.56 bits per heavy atom. The van der Waals surface area contributed by atoms with Crippen LogP contribution in [-0.4, -0.2) is 43.6 Å². The number of hydrogen-bond donors (Lipinski definition) is 0. The molecule has 0 saturated carbocycles. The van der Waals surface area contributed by atoms with E-state index in [1.54, 1.807) is 21.8 Å². The predicted molar refractivity (Wildman–Crippen MR) is 118 cm³/mol. The van der Waals surface area contributed by atoms with Gasteiger partial charge in [0.15, 0.2) is 5.82 Å². The maximum absolute atomic E-state index is 4.81. The molecule has 0 bridgehead atoms. The van der Waals surface area contributed by atoms with Gasteiger partial charge in [0.25, 0.3) is 0 Å². The van der Waals surface area contributed by atoms with Crippen LogP contribution >= 0.6 is 0 Å². The fourth-order valence-corrected chi connectivity index (χ4v) is 3.55. The quantitative estimate of drug-likeness (QED) is 0.427. The minimum atomic E-state index is 0.490. The first-order chi connectivity index (χ1) is 15.9. The predicted octanol–water partition coefficient (Wildman–Crippen LogP) is 3.49. The summed E-state index contributed by atoms with van der Waals surface area (Å²) >= 11 is 0. The molecule has 0 radical (unpaired) electrons. The largest absolute Gasteiger partial charge is 0.270 e. The van der Waals surface area contributed by atoms with Crippen LogP contribution in [-0.2, 0) is 0 Å². The van der Waals surface area contributed by atoms with Crippen molar-refractivity contribution in [3.05, 3.63) is 104 Å². The van der Waals surface area contributed by atoms with E-state index in [-0.39, 0.29) is 0 Å². The molecule has 0 amide bonds. The number of nitrogens with zero attached hydrogens (tertiary/aromatic N) is 9. The summed E-state index contributed by atoms with van der Waals surface area (Å²) in [4.78, 5) is 14.4. The SMILES string of the molecule is c1ccc(-c2nc(-n3cccc3-n3cccn3)nc(-n3cccc3-n3cccn3)n2)cc1. The van der Waals surface area contributed by atoms with Crippen molar-refractivity contribution >= 4 is 0 Å². The van der Waals surface area contributed by atoms with Crippen LogP contribution in [0.15, 0.2) is 104 Å². The summed E-state index contributed by atoms with van der Waals surface area (Å²) in [6.45, 7) is 0. The zero-order chi connectivity index (χ0) is 21.3. The average Bonchev–Trinajstić information content (AvgIpc) is 3.65. The van der Waals surface area contributed by atoms with Crippen molar-refractivity contribution in [1.82, 2.24) is 43.6 Å². The first-order valence-electron chi connectivity index (χ1n) is 10.0. The molecule has 0 atom stereocenters. The standard InChI is InChI=1S/C23H17N9/c1-2-8-18(9-3-1)21-26-22(29-14-4-10-19(29)31-16-6-12-24-31)28-23(27-21)30-15-5-11-20(30)32-17-7-13-25-32/h1-17H. The first-order valence-corrected chi connectivity index (χ1v) is 10.0. The molecule has 9 nitrogen and oxygen atoms in total. The van der Waals surface area contributed by atoms with E-state index in [1.165, 1.54) is 0 Å². The van der Waals surface area contributed by atoms with Gasteiger partial charge in [-0.05, 0) is 36.4 Å². The molecule has 0 aliphatic carbocycles. The van der Waals surface area contributed by atoms with Crippen molar-refractivity contribution in [2.24, 2.45) is 0 Å². The van der Waals surface area contributed by atoms with Crippen LogP contribution in [0.4, 0.5) is 0 Å². The van der Waals surface area contributed by atoms with Gasteiger partial charge in [0, 0.05) is 42.7 Å². The van der Waals surface area contributed by atoms with E-state index >= 15 is 0 Å². The minimum Gasteiger partial charge on any atom is -0.270 e. The molecule has 1 aromatic carbocycles. The Balaban J connectivity index is 1.56. The molecule has 154 valence electrons. The second kappa shape index (κ2) is 7.47. The van der Waals surface area contributed by atoms with Crippen LogP contribution in [0.2, 0.25) is 0 Å². The monoisotopic (exact) mass is 419 g/mol. The highest BCUT2D eigenvalue weighted by atomic mass is 15.4. The van der Waals surface area contributed by atoms with Gasteiger partial charge in [-0.3, -0.25) is 9.13 Å². The van der Waals surface area contributed by atoms with Gasteiger partial charge >= 0.3 is 0 Å². The Hall–Kier alpha value is -4.79. The molecule has 9 heteroatoms. The van der Waals surface area contributed by atoms with Crippen LogP contribution in [0.3, 0.4) is 0 Å². The first kappa shape index (κ1) is 18.0. The Labute approximate surface area is 182 Å². The van der Waals surface area contributed by atoms with E-state index in [9.17, 15) is 0 Å². The second-order valence-electron chi connectivity index (χ2n) is 7.00. The lowest BCUT2D eigenvalue weighted by atomic mass is 10.2. The van der Waals surface area contributed by atoms with E-state index in [0.29, 0.717) is 17.7 Å². The Morgan fingerprint density at radius 2 is 1.06 bits per heavy atom. The van der Waals surface area contributed by atoms with Gasteiger partial charge in [-0.15, -0.1) is 0 Å². The summed E-state index contributed by atoms with van der Waals surface area (Å²) in [5.74, 6) is 3.21. The van der Waals surface area contributed by atoms with Gasteiger partial charge in [0.2, 0.25) is 11.9 Å². The topological polar surface area (TPSA) is 84.2 Å². The molecular formula is C23H17N9. The van der Waals surface area contributed by atoms with Gasteiger partial charge < -0.3 is 0 Å². The molecule has 0 unspecified atom stereocenters. The average molecular weight is 419 g/mol. The highest BCUT2D eigenvalue weighted by Gasteiger charge is 2.16. The van der Waals surface area contributed by atoms with Crippen molar-refractivity contribution < 1.29 is 0 Å². The Kier molecular flexibility index (Phi) is 4.21. The molecule has 0 saturated heterocycles. The van der Waals surface area contributed by atoms with Crippen molar-refractivity contribution in [3.8, 4) is 34.9 Å². The summed E-state index contributed by atoms with van der Waals surface area (Å²) < 4.78 is 7.33. The molecule has 0 fully saturated rings. The smallest absolute Gasteiger partial charge is 0.240 e. The molecule has 0 aliphatic rings. The second-order valence-corrected chi connectivity index (χ2v) is 7.00. The molecule has 0 spiro atoms. The van der Waals surface area contributed by atoms with Crippen molar-refractivity contribution in [1.29, 1.82) is 0 Å². The molecule has 5 heterocycles. The van der Waals surface area contributed by atoms with Gasteiger partial charge in [-0.25, -0.2) is 9.36 Å². The van der Waals surface area contributed by atoms with Crippen LogP contribution in [0, 0.1) is 0 Å². The van der Waals surface area contributed by atoms with Crippen LogP contribution < -0.4 is 0 Å². The van der Waals surface area contributed by atoms with E-state index in [1.807, 2.05) is 101 Å². The third-order valence-electron chi connectivity index (χ3n) is 5.01. The van der Waals surface area contributed by atoms with Crippen LogP contribution in [0.25, 0.3) is 34.9 Å². The highest BCUT2D eigenvalue weighted by Crippen LogP contribution is 2.21. The van der Waals surface area contributed by atoms with Crippen molar-refractivity contribution in [3.63, 3.8) is 0 Å². The van der Waals surface area contributed by atoms with E-state index in [2.05, 4.69) is 10.2 Å². The summed E-state index contributed by atoms with van der Waals surface area (Å²) in [6, 6.07) is 21.4. The summed E-state index contributed by atoms with van der Waals surface area (Å²) in [6.07, 6.45) is 11.1. The fourth-order valence-electron chi connectivity index (χ4n) is 3.55. The molecule has 6 aromatic rings. The minimum absolute atomic E-state index is 0.490. The van der Waals surface area contributed by atoms with Gasteiger partial charge in [-0.2, -0.15) is 25.1 Å².